The van der Waals surface area contributed by atoms with Gasteiger partial charge in [-0.25, -0.2) is 4.79 Å². The molecule has 0 unspecified atom stereocenters. The number of carbonyl (C=O) groups is 1. The first-order chi connectivity index (χ1) is 6.72. The van der Waals surface area contributed by atoms with Gasteiger partial charge in [-0.1, -0.05) is 20.8 Å². The molecule has 0 aliphatic carbocycles. The molecule has 0 aliphatic heterocycles. The minimum atomic E-state index is -0.844. The first-order valence-electron chi connectivity index (χ1n) is 5.11. The molecule has 0 fully saturated rings. The van der Waals surface area contributed by atoms with Crippen molar-refractivity contribution in [2.24, 2.45) is 12.5 Å². The zero-order valence-corrected chi connectivity index (χ0v) is 10.1. The summed E-state index contributed by atoms with van der Waals surface area (Å²) < 4.78 is 1.97. The molecule has 0 aliphatic rings. The Kier molecular flexibility index (Phi) is 2.93. The van der Waals surface area contributed by atoms with E-state index in [1.807, 2.05) is 18.5 Å². The Bertz CT molecular complexity index is 383. The van der Waals surface area contributed by atoms with E-state index in [9.17, 15) is 4.79 Å². The van der Waals surface area contributed by atoms with Crippen LogP contribution in [0.3, 0.4) is 0 Å². The molecule has 1 aromatic rings. The van der Waals surface area contributed by atoms with Gasteiger partial charge < -0.3 is 9.67 Å². The molecular weight excluding hydrogens is 190 g/mol. The summed E-state index contributed by atoms with van der Waals surface area (Å²) in [5, 5.41) is 8.99. The molecule has 0 amide bonds. The molecule has 0 bridgehead atoms. The topological polar surface area (TPSA) is 42.2 Å². The Morgan fingerprint density at radius 2 is 2.00 bits per heavy atom. The fourth-order valence-electron chi connectivity index (χ4n) is 1.69. The van der Waals surface area contributed by atoms with E-state index in [0.717, 1.165) is 17.8 Å². The Hall–Kier alpha value is -1.25. The molecule has 0 saturated carbocycles. The molecule has 0 radical (unpaired) electrons. The van der Waals surface area contributed by atoms with Crippen LogP contribution in [0.5, 0.6) is 0 Å². The number of rotatable bonds is 2. The van der Waals surface area contributed by atoms with Gasteiger partial charge in [0.1, 0.15) is 0 Å². The van der Waals surface area contributed by atoms with E-state index in [4.69, 9.17) is 5.11 Å². The maximum absolute atomic E-state index is 10.9. The minimum absolute atomic E-state index is 0.175. The van der Waals surface area contributed by atoms with E-state index in [1.165, 1.54) is 0 Å². The van der Waals surface area contributed by atoms with Gasteiger partial charge in [0, 0.05) is 18.4 Å². The molecule has 0 atom stereocenters. The number of nitrogens with zero attached hydrogens (tertiary/aromatic N) is 1. The molecule has 3 nitrogen and oxygen atoms in total. The number of carboxylic acid groups (broad SMARTS) is 1. The van der Waals surface area contributed by atoms with E-state index in [1.54, 1.807) is 6.07 Å². The Labute approximate surface area is 90.7 Å². The average molecular weight is 209 g/mol. The van der Waals surface area contributed by atoms with Crippen LogP contribution >= 0.6 is 0 Å². The van der Waals surface area contributed by atoms with E-state index in [2.05, 4.69) is 20.8 Å². The van der Waals surface area contributed by atoms with Crippen molar-refractivity contribution in [3.05, 3.63) is 23.0 Å². The fourth-order valence-corrected chi connectivity index (χ4v) is 1.69. The molecule has 1 rings (SSSR count). The summed E-state index contributed by atoms with van der Waals surface area (Å²) in [7, 11) is 1.92. The highest BCUT2D eigenvalue weighted by Gasteiger charge is 2.18. The molecule has 0 spiro atoms. The lowest BCUT2D eigenvalue weighted by molar-refractivity contribution is 0.0696. The summed E-state index contributed by atoms with van der Waals surface area (Å²) in [6.45, 7) is 8.29. The quantitative estimate of drug-likeness (QED) is 0.813. The molecular formula is C12H19NO2. The van der Waals surface area contributed by atoms with Crippen molar-refractivity contribution in [3.63, 3.8) is 0 Å². The first-order valence-corrected chi connectivity index (χ1v) is 5.11. The van der Waals surface area contributed by atoms with Crippen molar-refractivity contribution in [2.45, 2.75) is 34.1 Å². The van der Waals surface area contributed by atoms with Gasteiger partial charge in [0.25, 0.3) is 0 Å². The molecule has 84 valence electrons. The van der Waals surface area contributed by atoms with Crippen molar-refractivity contribution in [3.8, 4) is 0 Å². The third-order valence-electron chi connectivity index (χ3n) is 2.58. The predicted molar refractivity (Wildman–Crippen MR) is 60.3 cm³/mol. The van der Waals surface area contributed by atoms with Gasteiger partial charge in [-0.05, 0) is 24.8 Å². The molecule has 1 N–H and O–H groups in total. The van der Waals surface area contributed by atoms with Gasteiger partial charge in [0.05, 0.1) is 5.56 Å². The number of carboxylic acids is 1. The zero-order valence-electron chi connectivity index (χ0n) is 10.1. The monoisotopic (exact) mass is 209 g/mol. The maximum atomic E-state index is 10.9. The summed E-state index contributed by atoms with van der Waals surface area (Å²) in [6, 6.07) is 1.78. The average Bonchev–Trinajstić information content (AvgIpc) is 2.30. The second kappa shape index (κ2) is 3.72. The third-order valence-corrected chi connectivity index (χ3v) is 2.58. The van der Waals surface area contributed by atoms with Crippen LogP contribution in [0.4, 0.5) is 0 Å². The van der Waals surface area contributed by atoms with Crippen molar-refractivity contribution in [1.82, 2.24) is 4.57 Å². The molecule has 0 aromatic carbocycles. The van der Waals surface area contributed by atoms with E-state index in [-0.39, 0.29) is 5.41 Å². The molecule has 1 heterocycles. The fraction of sp³-hybridized carbons (Fsp3) is 0.583. The summed E-state index contributed by atoms with van der Waals surface area (Å²) in [5.74, 6) is -0.844. The van der Waals surface area contributed by atoms with Crippen LogP contribution in [0.25, 0.3) is 0 Å². The summed E-state index contributed by atoms with van der Waals surface area (Å²) in [6.07, 6.45) is 0.887. The van der Waals surface area contributed by atoms with Gasteiger partial charge in [-0.3, -0.25) is 0 Å². The number of aromatic nitrogens is 1. The Morgan fingerprint density at radius 3 is 2.33 bits per heavy atom. The lowest BCUT2D eigenvalue weighted by Gasteiger charge is -2.18. The Morgan fingerprint density at radius 1 is 1.47 bits per heavy atom. The normalized spacial score (nSPS) is 11.8. The minimum Gasteiger partial charge on any atom is -0.478 e. The molecule has 3 heteroatoms. The first kappa shape index (κ1) is 11.8. The highest BCUT2D eigenvalue weighted by atomic mass is 16.4. The van der Waals surface area contributed by atoms with E-state index in [0.29, 0.717) is 5.56 Å². The number of aromatic carboxylic acids is 1. The second-order valence-corrected chi connectivity index (χ2v) is 5.24. The summed E-state index contributed by atoms with van der Waals surface area (Å²) in [5.41, 5.74) is 2.49. The van der Waals surface area contributed by atoms with Gasteiger partial charge in [0.15, 0.2) is 0 Å². The van der Waals surface area contributed by atoms with Crippen LogP contribution in [0.2, 0.25) is 0 Å². The Balaban J connectivity index is 3.11. The van der Waals surface area contributed by atoms with Crippen LogP contribution in [-0.2, 0) is 13.5 Å². The van der Waals surface area contributed by atoms with Crippen LogP contribution in [0.1, 0.15) is 42.5 Å². The predicted octanol–water partition coefficient (Wildman–Crippen LogP) is 2.62. The van der Waals surface area contributed by atoms with Gasteiger partial charge in [0.2, 0.25) is 0 Å². The highest BCUT2D eigenvalue weighted by Crippen LogP contribution is 2.23. The SMILES string of the molecule is Cc1c(C(=O)O)cc(CC(C)(C)C)n1C. The third kappa shape index (κ3) is 2.61. The standard InChI is InChI=1S/C12H19NO2/c1-8-10(11(14)15)6-9(13(8)5)7-12(2,3)4/h6H,7H2,1-5H3,(H,14,15). The van der Waals surface area contributed by atoms with Crippen LogP contribution in [0, 0.1) is 12.3 Å². The van der Waals surface area contributed by atoms with E-state index < -0.39 is 5.97 Å². The van der Waals surface area contributed by atoms with E-state index >= 15 is 0 Å². The summed E-state index contributed by atoms with van der Waals surface area (Å²) >= 11 is 0. The molecule has 1 aromatic heterocycles. The number of hydrogen-bond donors (Lipinski definition) is 1. The lowest BCUT2D eigenvalue weighted by atomic mass is 9.90. The van der Waals surface area contributed by atoms with Gasteiger partial charge in [-0.15, -0.1) is 0 Å². The zero-order chi connectivity index (χ0) is 11.8. The van der Waals surface area contributed by atoms with Gasteiger partial charge >= 0.3 is 5.97 Å². The van der Waals surface area contributed by atoms with Crippen LogP contribution in [-0.4, -0.2) is 15.6 Å². The summed E-state index contributed by atoms with van der Waals surface area (Å²) in [4.78, 5) is 10.9. The molecule has 0 saturated heterocycles. The van der Waals surface area contributed by atoms with Crippen LogP contribution < -0.4 is 0 Å². The van der Waals surface area contributed by atoms with Crippen molar-refractivity contribution >= 4 is 5.97 Å². The lowest BCUT2D eigenvalue weighted by Crippen LogP contribution is -2.12. The smallest absolute Gasteiger partial charge is 0.337 e. The highest BCUT2D eigenvalue weighted by molar-refractivity contribution is 5.89. The van der Waals surface area contributed by atoms with Crippen molar-refractivity contribution < 1.29 is 9.90 Å². The van der Waals surface area contributed by atoms with Crippen molar-refractivity contribution in [1.29, 1.82) is 0 Å². The van der Waals surface area contributed by atoms with Crippen molar-refractivity contribution in [2.75, 3.05) is 0 Å². The van der Waals surface area contributed by atoms with Gasteiger partial charge in [-0.2, -0.15) is 0 Å². The maximum Gasteiger partial charge on any atom is 0.337 e. The molecule has 15 heavy (non-hydrogen) atoms. The second-order valence-electron chi connectivity index (χ2n) is 5.24. The number of hydrogen-bond acceptors (Lipinski definition) is 1. The largest absolute Gasteiger partial charge is 0.478 e. The van der Waals surface area contributed by atoms with Crippen LogP contribution in [0.15, 0.2) is 6.07 Å².